The molecule has 3 rings (SSSR count). The summed E-state index contributed by atoms with van der Waals surface area (Å²) in [4.78, 5) is 14.6. The fourth-order valence-electron chi connectivity index (χ4n) is 3.86. The molecule has 1 N–H and O–H groups in total. The zero-order valence-corrected chi connectivity index (χ0v) is 17.4. The molecule has 1 saturated heterocycles. The van der Waals surface area contributed by atoms with E-state index in [1.165, 1.54) is 44.7 Å². The number of amides is 1. The van der Waals surface area contributed by atoms with Crippen LogP contribution in [-0.4, -0.2) is 31.0 Å². The van der Waals surface area contributed by atoms with Crippen LogP contribution < -0.4 is 10.1 Å². The van der Waals surface area contributed by atoms with E-state index >= 15 is 0 Å². The summed E-state index contributed by atoms with van der Waals surface area (Å²) < 4.78 is 18.6. The summed E-state index contributed by atoms with van der Waals surface area (Å²) in [7, 11) is 1.44. The smallest absolute Gasteiger partial charge is 0.220 e. The molecular weight excluding hydrogens is 367 g/mol. The number of hydrogen-bond donors (Lipinski definition) is 1. The van der Waals surface area contributed by atoms with Gasteiger partial charge in [0.05, 0.1) is 7.11 Å². The highest BCUT2D eigenvalue weighted by Crippen LogP contribution is 2.19. The second kappa shape index (κ2) is 10.4. The standard InChI is InChI=1S/C24H31FN2O2/c1-18-4-3-13-27(16-18)17-21-7-5-20(6-8-21)15-26-24(28)12-10-19-9-11-23(29-2)22(25)14-19/h5-9,11,14,18H,3-4,10,12-13,15-17H2,1-2H3,(H,26,28). The van der Waals surface area contributed by atoms with Gasteiger partial charge in [-0.15, -0.1) is 0 Å². The number of aryl methyl sites for hydroxylation is 1. The molecule has 5 heteroatoms. The molecule has 2 aromatic carbocycles. The quantitative estimate of drug-likeness (QED) is 0.720. The van der Waals surface area contributed by atoms with Crippen LogP contribution in [0.3, 0.4) is 0 Å². The Kier molecular flexibility index (Phi) is 7.64. The number of carbonyl (C=O) groups excluding carboxylic acids is 1. The SMILES string of the molecule is COc1ccc(CCC(=O)NCc2ccc(CN3CCCC(C)C3)cc2)cc1F. The molecule has 0 saturated carbocycles. The minimum absolute atomic E-state index is 0.0346. The van der Waals surface area contributed by atoms with Crippen LogP contribution in [0.15, 0.2) is 42.5 Å². The zero-order valence-electron chi connectivity index (χ0n) is 17.4. The van der Waals surface area contributed by atoms with E-state index in [1.807, 2.05) is 0 Å². The van der Waals surface area contributed by atoms with Gasteiger partial charge in [0.15, 0.2) is 11.6 Å². The Bertz CT molecular complexity index is 807. The Hall–Kier alpha value is -2.40. The lowest BCUT2D eigenvalue weighted by Crippen LogP contribution is -2.33. The number of piperidine rings is 1. The first-order chi connectivity index (χ1) is 14.0. The van der Waals surface area contributed by atoms with Gasteiger partial charge < -0.3 is 10.1 Å². The Morgan fingerprint density at radius 2 is 1.90 bits per heavy atom. The van der Waals surface area contributed by atoms with Crippen molar-refractivity contribution < 1.29 is 13.9 Å². The van der Waals surface area contributed by atoms with Crippen LogP contribution in [0.5, 0.6) is 5.75 Å². The molecule has 1 aliphatic rings. The fraction of sp³-hybridized carbons (Fsp3) is 0.458. The summed E-state index contributed by atoms with van der Waals surface area (Å²) in [5, 5.41) is 2.95. The molecule has 0 bridgehead atoms. The topological polar surface area (TPSA) is 41.6 Å². The maximum absolute atomic E-state index is 13.7. The third-order valence-corrected chi connectivity index (χ3v) is 5.52. The van der Waals surface area contributed by atoms with Crippen molar-refractivity contribution in [3.8, 4) is 5.75 Å². The van der Waals surface area contributed by atoms with Crippen LogP contribution >= 0.6 is 0 Å². The first-order valence-corrected chi connectivity index (χ1v) is 10.4. The largest absolute Gasteiger partial charge is 0.494 e. The monoisotopic (exact) mass is 398 g/mol. The summed E-state index contributed by atoms with van der Waals surface area (Å²) >= 11 is 0. The number of halogens is 1. The van der Waals surface area contributed by atoms with Crippen LogP contribution in [-0.2, 0) is 24.3 Å². The molecular formula is C24H31FN2O2. The molecule has 1 unspecified atom stereocenters. The van der Waals surface area contributed by atoms with Crippen molar-refractivity contribution in [1.29, 1.82) is 0 Å². The Morgan fingerprint density at radius 3 is 2.59 bits per heavy atom. The number of hydrogen-bond acceptors (Lipinski definition) is 3. The van der Waals surface area contributed by atoms with Gasteiger partial charge in [-0.25, -0.2) is 4.39 Å². The predicted octanol–water partition coefficient (Wildman–Crippen LogP) is 4.32. The van der Waals surface area contributed by atoms with Gasteiger partial charge in [-0.1, -0.05) is 37.3 Å². The first-order valence-electron chi connectivity index (χ1n) is 10.4. The highest BCUT2D eigenvalue weighted by atomic mass is 19.1. The van der Waals surface area contributed by atoms with E-state index in [0.717, 1.165) is 23.6 Å². The summed E-state index contributed by atoms with van der Waals surface area (Å²) in [6.07, 6.45) is 3.45. The zero-order chi connectivity index (χ0) is 20.6. The molecule has 1 heterocycles. The molecule has 0 aliphatic carbocycles. The normalized spacial score (nSPS) is 17.1. The number of ether oxygens (including phenoxy) is 1. The molecule has 1 aliphatic heterocycles. The van der Waals surface area contributed by atoms with E-state index in [1.54, 1.807) is 12.1 Å². The number of benzene rings is 2. The molecule has 1 fully saturated rings. The number of carbonyl (C=O) groups is 1. The number of rotatable bonds is 8. The summed E-state index contributed by atoms with van der Waals surface area (Å²) in [5.74, 6) is 0.571. The van der Waals surface area contributed by atoms with Gasteiger partial charge in [0, 0.05) is 26.1 Å². The minimum Gasteiger partial charge on any atom is -0.494 e. The molecule has 4 nitrogen and oxygen atoms in total. The third kappa shape index (κ3) is 6.57. The first kappa shape index (κ1) is 21.3. The lowest BCUT2D eigenvalue weighted by atomic mass is 9.99. The van der Waals surface area contributed by atoms with Crippen LogP contribution in [0.2, 0.25) is 0 Å². The molecule has 0 spiro atoms. The van der Waals surface area contributed by atoms with Gasteiger partial charge in [-0.2, -0.15) is 0 Å². The molecule has 156 valence electrons. The van der Waals surface area contributed by atoms with Gasteiger partial charge >= 0.3 is 0 Å². The number of likely N-dealkylation sites (tertiary alicyclic amines) is 1. The van der Waals surface area contributed by atoms with Gasteiger partial charge in [0.25, 0.3) is 0 Å². The molecule has 2 aromatic rings. The van der Waals surface area contributed by atoms with E-state index < -0.39 is 5.82 Å². The van der Waals surface area contributed by atoms with Gasteiger partial charge in [0.1, 0.15) is 0 Å². The van der Waals surface area contributed by atoms with Crippen molar-refractivity contribution in [2.24, 2.45) is 5.92 Å². The molecule has 1 amide bonds. The number of nitrogens with one attached hydrogen (secondary N) is 1. The average Bonchev–Trinajstić information content (AvgIpc) is 2.72. The predicted molar refractivity (Wildman–Crippen MR) is 113 cm³/mol. The lowest BCUT2D eigenvalue weighted by Gasteiger charge is -2.30. The van der Waals surface area contributed by atoms with Crippen LogP contribution in [0.4, 0.5) is 4.39 Å². The maximum atomic E-state index is 13.7. The van der Waals surface area contributed by atoms with E-state index in [9.17, 15) is 9.18 Å². The van der Waals surface area contributed by atoms with E-state index in [-0.39, 0.29) is 11.7 Å². The van der Waals surface area contributed by atoms with Gasteiger partial charge in [0.2, 0.25) is 5.91 Å². The highest BCUT2D eigenvalue weighted by molar-refractivity contribution is 5.76. The van der Waals surface area contributed by atoms with Crippen molar-refractivity contribution in [3.05, 3.63) is 65.0 Å². The van der Waals surface area contributed by atoms with Crippen molar-refractivity contribution in [2.75, 3.05) is 20.2 Å². The Morgan fingerprint density at radius 1 is 1.17 bits per heavy atom. The molecule has 1 atom stereocenters. The van der Waals surface area contributed by atoms with Crippen molar-refractivity contribution in [1.82, 2.24) is 10.2 Å². The highest BCUT2D eigenvalue weighted by Gasteiger charge is 2.16. The maximum Gasteiger partial charge on any atom is 0.220 e. The summed E-state index contributed by atoms with van der Waals surface area (Å²) in [6.45, 7) is 6.19. The van der Waals surface area contributed by atoms with E-state index in [2.05, 4.69) is 41.4 Å². The second-order valence-electron chi connectivity index (χ2n) is 8.04. The lowest BCUT2D eigenvalue weighted by molar-refractivity contribution is -0.121. The summed E-state index contributed by atoms with van der Waals surface area (Å²) in [6, 6.07) is 13.3. The van der Waals surface area contributed by atoms with E-state index in [4.69, 9.17) is 4.74 Å². The molecule has 0 aromatic heterocycles. The third-order valence-electron chi connectivity index (χ3n) is 5.52. The van der Waals surface area contributed by atoms with Crippen LogP contribution in [0, 0.1) is 11.7 Å². The van der Waals surface area contributed by atoms with E-state index in [0.29, 0.717) is 19.4 Å². The number of methoxy groups -OCH3 is 1. The Balaban J connectivity index is 1.41. The number of nitrogens with zero attached hydrogens (tertiary/aromatic N) is 1. The minimum atomic E-state index is -0.399. The van der Waals surface area contributed by atoms with Crippen LogP contribution in [0.25, 0.3) is 0 Å². The van der Waals surface area contributed by atoms with Crippen LogP contribution in [0.1, 0.15) is 42.9 Å². The van der Waals surface area contributed by atoms with Crippen molar-refractivity contribution in [2.45, 2.75) is 45.7 Å². The van der Waals surface area contributed by atoms with Gasteiger partial charge in [-0.05, 0) is 60.5 Å². The van der Waals surface area contributed by atoms with Gasteiger partial charge in [-0.3, -0.25) is 9.69 Å². The second-order valence-corrected chi connectivity index (χ2v) is 8.04. The fourth-order valence-corrected chi connectivity index (χ4v) is 3.86. The summed E-state index contributed by atoms with van der Waals surface area (Å²) in [5.41, 5.74) is 3.19. The average molecular weight is 399 g/mol. The molecule has 29 heavy (non-hydrogen) atoms. The molecule has 0 radical (unpaired) electrons. The van der Waals surface area contributed by atoms with Crippen molar-refractivity contribution >= 4 is 5.91 Å². The Labute approximate surface area is 173 Å². The van der Waals surface area contributed by atoms with Crippen molar-refractivity contribution in [3.63, 3.8) is 0 Å².